The van der Waals surface area contributed by atoms with Crippen LogP contribution in [0.2, 0.25) is 0 Å². The van der Waals surface area contributed by atoms with E-state index in [1.165, 1.54) is 6.07 Å². The Balaban J connectivity index is 0.00000341. The fraction of sp³-hybridized carbons (Fsp3) is 0.409. The van der Waals surface area contributed by atoms with Crippen molar-refractivity contribution in [1.29, 1.82) is 0 Å². The number of aliphatic hydroxyl groups is 1. The number of hydrogen-bond donors (Lipinski definition) is 4. The van der Waals surface area contributed by atoms with Crippen molar-refractivity contribution >= 4 is 24.0 Å². The summed E-state index contributed by atoms with van der Waals surface area (Å²) in [6, 6.07) is 8.93. The maximum atomic E-state index is 11.5. The van der Waals surface area contributed by atoms with Crippen LogP contribution in [-0.2, 0) is 17.6 Å². The summed E-state index contributed by atoms with van der Waals surface area (Å²) in [4.78, 5) is 11.5. The van der Waals surface area contributed by atoms with Crippen LogP contribution in [0.3, 0.4) is 0 Å². The van der Waals surface area contributed by atoms with E-state index in [-0.39, 0.29) is 30.7 Å². The molecule has 0 fully saturated rings. The van der Waals surface area contributed by atoms with Gasteiger partial charge in [-0.1, -0.05) is 6.07 Å². The van der Waals surface area contributed by atoms with Crippen molar-refractivity contribution in [2.24, 2.45) is 0 Å². The Hall–Kier alpha value is -2.68. The topological polar surface area (TPSA) is 109 Å². The summed E-state index contributed by atoms with van der Waals surface area (Å²) in [5, 5.41) is 26.0. The van der Waals surface area contributed by atoms with Gasteiger partial charge in [0.1, 0.15) is 24.2 Å². The number of aliphatic hydroxyl groups excluding tert-OH is 1. The third kappa shape index (κ3) is 6.40. The molecular formula is C22H29ClN2O6. The minimum Gasteiger partial charge on any atom is -0.506 e. The van der Waals surface area contributed by atoms with Gasteiger partial charge >= 0.3 is 0 Å². The molecule has 0 saturated carbocycles. The highest BCUT2D eigenvalue weighted by atomic mass is 35.5. The monoisotopic (exact) mass is 452 g/mol. The predicted molar refractivity (Wildman–Crippen MR) is 120 cm³/mol. The van der Waals surface area contributed by atoms with E-state index in [1.54, 1.807) is 20.3 Å². The fourth-order valence-electron chi connectivity index (χ4n) is 3.36. The number of fused-ring (bicyclic) bond motifs is 1. The summed E-state index contributed by atoms with van der Waals surface area (Å²) in [6.07, 6.45) is 0.912. The van der Waals surface area contributed by atoms with Crippen molar-refractivity contribution in [3.63, 3.8) is 0 Å². The Bertz CT molecular complexity index is 893. The molecule has 1 unspecified atom stereocenters. The molecule has 1 amide bonds. The number of ether oxygens (including phenoxy) is 3. The van der Waals surface area contributed by atoms with E-state index in [2.05, 4.69) is 10.6 Å². The van der Waals surface area contributed by atoms with E-state index in [4.69, 9.17) is 14.2 Å². The van der Waals surface area contributed by atoms with Crippen molar-refractivity contribution in [2.75, 3.05) is 39.2 Å². The number of rotatable bonds is 10. The molecule has 31 heavy (non-hydrogen) atoms. The van der Waals surface area contributed by atoms with Crippen molar-refractivity contribution in [3.8, 4) is 23.0 Å². The molecular weight excluding hydrogens is 424 g/mol. The van der Waals surface area contributed by atoms with Crippen molar-refractivity contribution in [3.05, 3.63) is 41.5 Å². The zero-order valence-electron chi connectivity index (χ0n) is 17.6. The fourth-order valence-corrected chi connectivity index (χ4v) is 3.36. The number of methoxy groups -OCH3 is 2. The second kappa shape index (κ2) is 11.6. The van der Waals surface area contributed by atoms with Crippen LogP contribution in [0.25, 0.3) is 0 Å². The van der Waals surface area contributed by atoms with Gasteiger partial charge in [0.25, 0.3) is 0 Å². The number of phenolic OH excluding ortho intramolecular Hbond substituents is 1. The molecule has 1 heterocycles. The third-order valence-corrected chi connectivity index (χ3v) is 4.96. The molecule has 4 N–H and O–H groups in total. The Kier molecular flexibility index (Phi) is 9.23. The van der Waals surface area contributed by atoms with Gasteiger partial charge in [0.05, 0.1) is 19.9 Å². The van der Waals surface area contributed by atoms with Gasteiger partial charge in [-0.3, -0.25) is 4.79 Å². The van der Waals surface area contributed by atoms with E-state index in [0.29, 0.717) is 48.9 Å². The molecule has 2 aromatic carbocycles. The lowest BCUT2D eigenvalue weighted by Crippen LogP contribution is -2.32. The zero-order valence-corrected chi connectivity index (χ0v) is 18.5. The summed E-state index contributed by atoms with van der Waals surface area (Å²) in [6.45, 7) is 1.17. The summed E-state index contributed by atoms with van der Waals surface area (Å²) < 4.78 is 16.3. The van der Waals surface area contributed by atoms with Crippen LogP contribution < -0.4 is 24.8 Å². The molecule has 0 aliphatic carbocycles. The molecule has 1 aliphatic rings. The SMILES string of the molecule is COc1ccc(CCNCC(O)COc2ccc(O)c3c2CCC(=O)N3)cc1OC.Cl. The van der Waals surface area contributed by atoms with Crippen molar-refractivity contribution in [2.45, 2.75) is 25.4 Å². The van der Waals surface area contributed by atoms with E-state index >= 15 is 0 Å². The number of phenols is 1. The number of anilines is 1. The third-order valence-electron chi connectivity index (χ3n) is 4.96. The quantitative estimate of drug-likeness (QED) is 0.323. The molecule has 8 nitrogen and oxygen atoms in total. The first-order valence-corrected chi connectivity index (χ1v) is 9.89. The van der Waals surface area contributed by atoms with Gasteiger partial charge in [0.15, 0.2) is 11.5 Å². The smallest absolute Gasteiger partial charge is 0.224 e. The van der Waals surface area contributed by atoms with E-state index in [0.717, 1.165) is 17.5 Å². The number of benzene rings is 2. The van der Waals surface area contributed by atoms with Crippen LogP contribution >= 0.6 is 12.4 Å². The highest BCUT2D eigenvalue weighted by molar-refractivity contribution is 5.96. The standard InChI is InChI=1S/C22H28N2O6.ClH/c1-28-19-6-3-14(11-20(19)29-2)9-10-23-12-15(25)13-30-18-7-5-17(26)22-16(18)4-8-21(27)24-22;/h3,5-7,11,15,23,25-26H,4,8-10,12-13H2,1-2H3,(H,24,27);1H. The minimum atomic E-state index is -0.696. The molecule has 3 rings (SSSR count). The van der Waals surface area contributed by atoms with E-state index in [9.17, 15) is 15.0 Å². The number of amides is 1. The normalized spacial score (nSPS) is 13.5. The molecule has 170 valence electrons. The van der Waals surface area contributed by atoms with Crippen LogP contribution in [-0.4, -0.2) is 56.1 Å². The van der Waals surface area contributed by atoms with Gasteiger partial charge in [-0.25, -0.2) is 0 Å². The number of hydrogen-bond acceptors (Lipinski definition) is 7. The molecule has 1 atom stereocenters. The van der Waals surface area contributed by atoms with Crippen LogP contribution in [0.4, 0.5) is 5.69 Å². The lowest BCUT2D eigenvalue weighted by molar-refractivity contribution is -0.116. The number of halogens is 1. The molecule has 0 saturated heterocycles. The zero-order chi connectivity index (χ0) is 21.5. The number of aromatic hydroxyl groups is 1. The van der Waals surface area contributed by atoms with Crippen LogP contribution in [0.5, 0.6) is 23.0 Å². The second-order valence-corrected chi connectivity index (χ2v) is 7.09. The van der Waals surface area contributed by atoms with Crippen molar-refractivity contribution < 1.29 is 29.2 Å². The maximum Gasteiger partial charge on any atom is 0.224 e. The number of nitrogens with one attached hydrogen (secondary N) is 2. The van der Waals surface area contributed by atoms with Crippen LogP contribution in [0.1, 0.15) is 17.5 Å². The number of carbonyl (C=O) groups excluding carboxylic acids is 1. The lowest BCUT2D eigenvalue weighted by Gasteiger charge is -2.22. The summed E-state index contributed by atoms with van der Waals surface area (Å²) in [5.41, 5.74) is 2.25. The molecule has 1 aliphatic heterocycles. The van der Waals surface area contributed by atoms with Crippen LogP contribution in [0.15, 0.2) is 30.3 Å². The second-order valence-electron chi connectivity index (χ2n) is 7.09. The Morgan fingerprint density at radius 2 is 1.84 bits per heavy atom. The summed E-state index contributed by atoms with van der Waals surface area (Å²) >= 11 is 0. The highest BCUT2D eigenvalue weighted by Crippen LogP contribution is 2.38. The molecule has 9 heteroatoms. The molecule has 2 aromatic rings. The Morgan fingerprint density at radius 3 is 2.58 bits per heavy atom. The van der Waals surface area contributed by atoms with Gasteiger partial charge < -0.3 is 35.1 Å². The highest BCUT2D eigenvalue weighted by Gasteiger charge is 2.22. The first kappa shape index (κ1) is 24.6. The van der Waals surface area contributed by atoms with Gasteiger partial charge in [0.2, 0.25) is 5.91 Å². The van der Waals surface area contributed by atoms with Gasteiger partial charge in [-0.15, -0.1) is 12.4 Å². The average Bonchev–Trinajstić information content (AvgIpc) is 2.76. The van der Waals surface area contributed by atoms with Gasteiger partial charge in [0, 0.05) is 18.5 Å². The lowest BCUT2D eigenvalue weighted by atomic mass is 10.0. The van der Waals surface area contributed by atoms with E-state index in [1.807, 2.05) is 18.2 Å². The number of carbonyl (C=O) groups is 1. The summed E-state index contributed by atoms with van der Waals surface area (Å²) in [5.74, 6) is 1.83. The molecule has 0 spiro atoms. The first-order valence-electron chi connectivity index (χ1n) is 9.89. The molecule has 0 bridgehead atoms. The largest absolute Gasteiger partial charge is 0.506 e. The summed E-state index contributed by atoms with van der Waals surface area (Å²) in [7, 11) is 3.21. The average molecular weight is 453 g/mol. The maximum absolute atomic E-state index is 11.5. The molecule has 0 aromatic heterocycles. The first-order chi connectivity index (χ1) is 14.5. The minimum absolute atomic E-state index is 0. The van der Waals surface area contributed by atoms with E-state index < -0.39 is 6.10 Å². The van der Waals surface area contributed by atoms with Crippen LogP contribution in [0, 0.1) is 0 Å². The van der Waals surface area contributed by atoms with Crippen molar-refractivity contribution in [1.82, 2.24) is 5.32 Å². The Labute approximate surface area is 187 Å². The predicted octanol–water partition coefficient (Wildman–Crippen LogP) is 2.29. The molecule has 0 radical (unpaired) electrons. The van der Waals surface area contributed by atoms with Gasteiger partial charge in [-0.2, -0.15) is 0 Å². The van der Waals surface area contributed by atoms with Gasteiger partial charge in [-0.05, 0) is 49.2 Å². The Morgan fingerprint density at radius 1 is 1.10 bits per heavy atom.